The molecule has 0 aliphatic carbocycles. The number of aromatic nitrogens is 2. The maximum Gasteiger partial charge on any atom is 0.0937 e. The first-order valence-electron chi connectivity index (χ1n) is 6.18. The summed E-state index contributed by atoms with van der Waals surface area (Å²) in [6.45, 7) is 2.57. The van der Waals surface area contributed by atoms with E-state index in [1.807, 2.05) is 18.2 Å². The zero-order valence-corrected chi connectivity index (χ0v) is 10.2. The lowest BCUT2D eigenvalue weighted by Gasteiger charge is -2.12. The monoisotopic (exact) mass is 244 g/mol. The SMILES string of the molecule is c1ccc(COCc2n[nH]c3c2COCC3)cc1. The molecule has 2 aromatic rings. The number of fused-ring (bicyclic) bond motifs is 1. The van der Waals surface area contributed by atoms with E-state index in [-0.39, 0.29) is 0 Å². The highest BCUT2D eigenvalue weighted by Gasteiger charge is 2.16. The van der Waals surface area contributed by atoms with Gasteiger partial charge in [-0.2, -0.15) is 5.10 Å². The van der Waals surface area contributed by atoms with Crippen LogP contribution in [0, 0.1) is 0 Å². The van der Waals surface area contributed by atoms with Crippen molar-refractivity contribution in [1.82, 2.24) is 10.2 Å². The summed E-state index contributed by atoms with van der Waals surface area (Å²) in [5.41, 5.74) is 4.52. The Morgan fingerprint density at radius 2 is 2.11 bits per heavy atom. The largest absolute Gasteiger partial charge is 0.376 e. The fourth-order valence-electron chi connectivity index (χ4n) is 2.13. The predicted molar refractivity (Wildman–Crippen MR) is 66.9 cm³/mol. The molecule has 0 atom stereocenters. The number of nitrogens with zero attached hydrogens (tertiary/aromatic N) is 1. The fourth-order valence-corrected chi connectivity index (χ4v) is 2.13. The van der Waals surface area contributed by atoms with Crippen LogP contribution in [-0.2, 0) is 35.7 Å². The van der Waals surface area contributed by atoms with E-state index in [1.54, 1.807) is 0 Å². The Kier molecular flexibility index (Phi) is 3.39. The van der Waals surface area contributed by atoms with Gasteiger partial charge in [0, 0.05) is 17.7 Å². The summed E-state index contributed by atoms with van der Waals surface area (Å²) in [6, 6.07) is 10.2. The normalized spacial score (nSPS) is 14.4. The Bertz CT molecular complexity index is 508. The van der Waals surface area contributed by atoms with E-state index in [0.29, 0.717) is 19.8 Å². The highest BCUT2D eigenvalue weighted by Crippen LogP contribution is 2.18. The number of aromatic amines is 1. The molecule has 1 aliphatic heterocycles. The number of hydrogen-bond donors (Lipinski definition) is 1. The zero-order chi connectivity index (χ0) is 12.2. The molecule has 18 heavy (non-hydrogen) atoms. The summed E-state index contributed by atoms with van der Waals surface area (Å²) in [6.07, 6.45) is 0.918. The van der Waals surface area contributed by atoms with Crippen molar-refractivity contribution in [2.45, 2.75) is 26.2 Å². The van der Waals surface area contributed by atoms with Crippen LogP contribution in [0.25, 0.3) is 0 Å². The maximum atomic E-state index is 5.69. The van der Waals surface area contributed by atoms with E-state index in [4.69, 9.17) is 9.47 Å². The third kappa shape index (κ3) is 2.44. The molecule has 4 nitrogen and oxygen atoms in total. The van der Waals surface area contributed by atoms with Gasteiger partial charge in [0.1, 0.15) is 0 Å². The minimum Gasteiger partial charge on any atom is -0.376 e. The van der Waals surface area contributed by atoms with Crippen molar-refractivity contribution in [3.8, 4) is 0 Å². The molecule has 2 heterocycles. The van der Waals surface area contributed by atoms with E-state index in [9.17, 15) is 0 Å². The lowest BCUT2D eigenvalue weighted by molar-refractivity contribution is 0.0928. The van der Waals surface area contributed by atoms with Crippen molar-refractivity contribution in [3.05, 3.63) is 52.8 Å². The molecular weight excluding hydrogens is 228 g/mol. The van der Waals surface area contributed by atoms with Crippen LogP contribution in [0.5, 0.6) is 0 Å². The lowest BCUT2D eigenvalue weighted by atomic mass is 10.1. The molecule has 0 bridgehead atoms. The average Bonchev–Trinajstić information content (AvgIpc) is 2.84. The van der Waals surface area contributed by atoms with Crippen LogP contribution in [0.2, 0.25) is 0 Å². The van der Waals surface area contributed by atoms with E-state index in [1.165, 1.54) is 16.8 Å². The fraction of sp³-hybridized carbons (Fsp3) is 0.357. The van der Waals surface area contributed by atoms with Gasteiger partial charge in [-0.1, -0.05) is 30.3 Å². The quantitative estimate of drug-likeness (QED) is 0.896. The lowest BCUT2D eigenvalue weighted by Crippen LogP contribution is -2.10. The molecular formula is C14H16N2O2. The second-order valence-electron chi connectivity index (χ2n) is 4.41. The van der Waals surface area contributed by atoms with E-state index in [0.717, 1.165) is 18.7 Å². The third-order valence-corrected chi connectivity index (χ3v) is 3.13. The molecule has 3 rings (SSSR count). The van der Waals surface area contributed by atoms with Crippen molar-refractivity contribution in [1.29, 1.82) is 0 Å². The molecule has 4 heteroatoms. The second kappa shape index (κ2) is 5.33. The molecule has 94 valence electrons. The van der Waals surface area contributed by atoms with Crippen LogP contribution in [0.15, 0.2) is 30.3 Å². The standard InChI is InChI=1S/C14H16N2O2/c1-2-4-11(5-3-1)8-18-10-14-12-9-17-7-6-13(12)15-16-14/h1-5H,6-10H2,(H,15,16). The molecule has 0 amide bonds. The van der Waals surface area contributed by atoms with Crippen molar-refractivity contribution < 1.29 is 9.47 Å². The molecule has 0 saturated heterocycles. The molecule has 0 fully saturated rings. The van der Waals surface area contributed by atoms with Gasteiger partial charge in [-0.15, -0.1) is 0 Å². The molecule has 1 aromatic heterocycles. The minimum absolute atomic E-state index is 0.532. The summed E-state index contributed by atoms with van der Waals surface area (Å²) >= 11 is 0. The summed E-state index contributed by atoms with van der Waals surface area (Å²) in [5, 5.41) is 7.36. The van der Waals surface area contributed by atoms with E-state index in [2.05, 4.69) is 22.3 Å². The van der Waals surface area contributed by atoms with Gasteiger partial charge in [-0.3, -0.25) is 5.10 Å². The summed E-state index contributed by atoms with van der Waals surface area (Å²) in [5.74, 6) is 0. The highest BCUT2D eigenvalue weighted by molar-refractivity contribution is 5.25. The number of benzene rings is 1. The first-order valence-corrected chi connectivity index (χ1v) is 6.18. The molecule has 0 radical (unpaired) electrons. The van der Waals surface area contributed by atoms with Gasteiger partial charge in [-0.05, 0) is 5.56 Å². The van der Waals surface area contributed by atoms with Crippen molar-refractivity contribution in [2.75, 3.05) is 6.61 Å². The van der Waals surface area contributed by atoms with Crippen molar-refractivity contribution in [2.24, 2.45) is 0 Å². The Morgan fingerprint density at radius 1 is 1.22 bits per heavy atom. The van der Waals surface area contributed by atoms with Crippen LogP contribution in [0.1, 0.15) is 22.5 Å². The van der Waals surface area contributed by atoms with E-state index < -0.39 is 0 Å². The van der Waals surface area contributed by atoms with Crippen molar-refractivity contribution >= 4 is 0 Å². The predicted octanol–water partition coefficient (Wildman–Crippen LogP) is 2.20. The molecule has 0 saturated carbocycles. The van der Waals surface area contributed by atoms with Crippen LogP contribution < -0.4 is 0 Å². The van der Waals surface area contributed by atoms with Crippen LogP contribution in [0.4, 0.5) is 0 Å². The minimum atomic E-state index is 0.532. The number of H-pyrrole nitrogens is 1. The topological polar surface area (TPSA) is 47.1 Å². The Balaban J connectivity index is 1.59. The van der Waals surface area contributed by atoms with Gasteiger partial charge in [0.15, 0.2) is 0 Å². The molecule has 1 N–H and O–H groups in total. The number of hydrogen-bond acceptors (Lipinski definition) is 3. The zero-order valence-electron chi connectivity index (χ0n) is 10.2. The highest BCUT2D eigenvalue weighted by atomic mass is 16.5. The van der Waals surface area contributed by atoms with Crippen LogP contribution in [-0.4, -0.2) is 16.8 Å². The smallest absolute Gasteiger partial charge is 0.0937 e. The van der Waals surface area contributed by atoms with Gasteiger partial charge < -0.3 is 9.47 Å². The first-order chi connectivity index (χ1) is 8.93. The van der Waals surface area contributed by atoms with Gasteiger partial charge in [-0.25, -0.2) is 0 Å². The van der Waals surface area contributed by atoms with Gasteiger partial charge in [0.25, 0.3) is 0 Å². The number of rotatable bonds is 4. The molecule has 0 spiro atoms. The molecule has 0 unspecified atom stereocenters. The Labute approximate surface area is 106 Å². The number of nitrogens with one attached hydrogen (secondary N) is 1. The summed E-state index contributed by atoms with van der Waals surface area (Å²) < 4.78 is 11.1. The summed E-state index contributed by atoms with van der Waals surface area (Å²) in [4.78, 5) is 0. The van der Waals surface area contributed by atoms with Gasteiger partial charge in [0.2, 0.25) is 0 Å². The Morgan fingerprint density at radius 3 is 3.00 bits per heavy atom. The first kappa shape index (κ1) is 11.4. The van der Waals surface area contributed by atoms with Crippen LogP contribution >= 0.6 is 0 Å². The van der Waals surface area contributed by atoms with Gasteiger partial charge >= 0.3 is 0 Å². The van der Waals surface area contributed by atoms with Crippen molar-refractivity contribution in [3.63, 3.8) is 0 Å². The van der Waals surface area contributed by atoms with E-state index >= 15 is 0 Å². The van der Waals surface area contributed by atoms with Gasteiger partial charge in [0.05, 0.1) is 32.1 Å². The summed E-state index contributed by atoms with van der Waals surface area (Å²) in [7, 11) is 0. The third-order valence-electron chi connectivity index (χ3n) is 3.13. The number of ether oxygens (including phenoxy) is 2. The molecule has 1 aromatic carbocycles. The van der Waals surface area contributed by atoms with Crippen LogP contribution in [0.3, 0.4) is 0 Å². The Hall–Kier alpha value is -1.65. The maximum absolute atomic E-state index is 5.69. The average molecular weight is 244 g/mol. The second-order valence-corrected chi connectivity index (χ2v) is 4.41. The molecule has 1 aliphatic rings.